The molecule has 0 aliphatic carbocycles. The fourth-order valence-electron chi connectivity index (χ4n) is 3.54. The monoisotopic (exact) mass is 397 g/mol. The first-order valence-corrected chi connectivity index (χ1v) is 9.96. The zero-order chi connectivity index (χ0) is 19.7. The van der Waals surface area contributed by atoms with E-state index in [1.165, 1.54) is 12.1 Å². The molecule has 1 amide bonds. The third-order valence-electron chi connectivity index (χ3n) is 4.82. The molecule has 3 aromatic rings. The van der Waals surface area contributed by atoms with E-state index in [-0.39, 0.29) is 17.6 Å². The van der Waals surface area contributed by atoms with Gasteiger partial charge in [0.25, 0.3) is 0 Å². The molecule has 4 nitrogen and oxygen atoms in total. The van der Waals surface area contributed by atoms with Gasteiger partial charge in [0.05, 0.1) is 19.4 Å². The van der Waals surface area contributed by atoms with Gasteiger partial charge in [-0.25, -0.2) is 4.39 Å². The number of hydrogen-bond acceptors (Lipinski definition) is 4. The average Bonchev–Trinajstić information content (AvgIpc) is 3.11. The van der Waals surface area contributed by atoms with Gasteiger partial charge in [-0.3, -0.25) is 4.79 Å². The summed E-state index contributed by atoms with van der Waals surface area (Å²) in [6.07, 6.45) is 0.354. The second-order valence-electron chi connectivity index (χ2n) is 6.55. The molecule has 28 heavy (non-hydrogen) atoms. The van der Waals surface area contributed by atoms with Crippen molar-refractivity contribution in [2.45, 2.75) is 19.3 Å². The predicted octanol–water partition coefficient (Wildman–Crippen LogP) is 5.44. The molecule has 0 bridgehead atoms. The summed E-state index contributed by atoms with van der Waals surface area (Å²) in [5.41, 5.74) is 3.35. The van der Waals surface area contributed by atoms with Crippen molar-refractivity contribution >= 4 is 22.9 Å². The number of anilines is 1. The number of nitrogens with one attached hydrogen (secondary N) is 1. The molecule has 0 spiro atoms. The molecule has 144 valence electrons. The molecule has 0 saturated heterocycles. The summed E-state index contributed by atoms with van der Waals surface area (Å²) in [4.78, 5) is 13.5. The Morgan fingerprint density at radius 3 is 2.82 bits per heavy atom. The van der Waals surface area contributed by atoms with Gasteiger partial charge in [-0.15, -0.1) is 11.3 Å². The van der Waals surface area contributed by atoms with Gasteiger partial charge in [-0.2, -0.15) is 0 Å². The number of methoxy groups -OCH3 is 1. The van der Waals surface area contributed by atoms with Crippen LogP contribution < -0.4 is 14.8 Å². The molecule has 2 heterocycles. The number of halogens is 1. The molecule has 1 aliphatic heterocycles. The van der Waals surface area contributed by atoms with E-state index in [9.17, 15) is 9.18 Å². The molecule has 1 aliphatic rings. The van der Waals surface area contributed by atoms with Crippen LogP contribution in [0.3, 0.4) is 0 Å². The van der Waals surface area contributed by atoms with Crippen LogP contribution in [0.25, 0.3) is 11.1 Å². The lowest BCUT2D eigenvalue weighted by molar-refractivity contribution is -0.116. The van der Waals surface area contributed by atoms with Gasteiger partial charge in [-0.1, -0.05) is 18.2 Å². The highest BCUT2D eigenvalue weighted by atomic mass is 32.1. The lowest BCUT2D eigenvalue weighted by Gasteiger charge is -2.24. The first-order chi connectivity index (χ1) is 13.6. The minimum absolute atomic E-state index is 0.0543. The van der Waals surface area contributed by atoms with Crippen LogP contribution >= 0.6 is 11.3 Å². The quantitative estimate of drug-likeness (QED) is 0.624. The van der Waals surface area contributed by atoms with Crippen molar-refractivity contribution < 1.29 is 18.7 Å². The third kappa shape index (κ3) is 3.36. The summed E-state index contributed by atoms with van der Waals surface area (Å²) >= 11 is 1.58. The van der Waals surface area contributed by atoms with Crippen LogP contribution in [0.4, 0.5) is 10.1 Å². The molecule has 6 heteroatoms. The lowest BCUT2D eigenvalue weighted by Crippen LogP contribution is -2.22. The fraction of sp³-hybridized carbons (Fsp3) is 0.227. The van der Waals surface area contributed by atoms with E-state index in [0.717, 1.165) is 27.3 Å². The molecular weight excluding hydrogens is 377 g/mol. The van der Waals surface area contributed by atoms with Crippen LogP contribution in [0.5, 0.6) is 11.5 Å². The number of fused-ring (bicyclic) bond motifs is 1. The summed E-state index contributed by atoms with van der Waals surface area (Å²) in [5.74, 6) is 0.893. The van der Waals surface area contributed by atoms with Crippen molar-refractivity contribution in [1.82, 2.24) is 0 Å². The van der Waals surface area contributed by atoms with Crippen molar-refractivity contribution in [3.63, 3.8) is 0 Å². The third-order valence-corrected chi connectivity index (χ3v) is 5.91. The van der Waals surface area contributed by atoms with Crippen LogP contribution in [0.1, 0.15) is 29.7 Å². The summed E-state index contributed by atoms with van der Waals surface area (Å²) in [6, 6.07) is 12.2. The van der Waals surface area contributed by atoms with Crippen LogP contribution in [-0.2, 0) is 4.79 Å². The smallest absolute Gasteiger partial charge is 0.225 e. The van der Waals surface area contributed by atoms with Gasteiger partial charge < -0.3 is 14.8 Å². The average molecular weight is 397 g/mol. The highest BCUT2D eigenvalue weighted by Crippen LogP contribution is 2.47. The topological polar surface area (TPSA) is 47.6 Å². The van der Waals surface area contributed by atoms with E-state index in [0.29, 0.717) is 24.5 Å². The molecule has 0 fully saturated rings. The normalized spacial score (nSPS) is 15.7. The first-order valence-electron chi connectivity index (χ1n) is 9.08. The van der Waals surface area contributed by atoms with Gasteiger partial charge in [-0.05, 0) is 42.3 Å². The molecule has 0 unspecified atom stereocenters. The minimum Gasteiger partial charge on any atom is -0.493 e. The van der Waals surface area contributed by atoms with Crippen LogP contribution in [0.2, 0.25) is 0 Å². The summed E-state index contributed by atoms with van der Waals surface area (Å²) in [5, 5.41) is 4.96. The highest BCUT2D eigenvalue weighted by Gasteiger charge is 2.31. The number of hydrogen-bond donors (Lipinski definition) is 1. The number of benzene rings is 2. The van der Waals surface area contributed by atoms with Crippen LogP contribution in [0.15, 0.2) is 47.8 Å². The van der Waals surface area contributed by atoms with Crippen LogP contribution in [-0.4, -0.2) is 19.6 Å². The Balaban J connectivity index is 1.77. The number of carbonyl (C=O) groups is 1. The lowest BCUT2D eigenvalue weighted by atomic mass is 9.89. The highest BCUT2D eigenvalue weighted by molar-refractivity contribution is 7.11. The summed E-state index contributed by atoms with van der Waals surface area (Å²) in [6.45, 7) is 2.47. The molecule has 1 aromatic heterocycles. The van der Waals surface area contributed by atoms with Gasteiger partial charge in [0.2, 0.25) is 5.91 Å². The Kier molecular flexibility index (Phi) is 5.05. The number of amides is 1. The van der Waals surface area contributed by atoms with Crippen molar-refractivity contribution in [3.05, 3.63) is 64.1 Å². The molecule has 1 atom stereocenters. The number of ether oxygens (including phenoxy) is 2. The van der Waals surface area contributed by atoms with Gasteiger partial charge >= 0.3 is 0 Å². The van der Waals surface area contributed by atoms with Gasteiger partial charge in [0.15, 0.2) is 11.5 Å². The number of thiophene rings is 1. The Labute approximate surface area is 166 Å². The van der Waals surface area contributed by atoms with Crippen molar-refractivity contribution in [1.29, 1.82) is 0 Å². The van der Waals surface area contributed by atoms with E-state index in [4.69, 9.17) is 9.47 Å². The maximum atomic E-state index is 13.7. The standard InChI is InChI=1S/C22H20FNO3S/c1-3-27-18-8-7-14(10-19(18)26-2)16-11-20(25)24-21-17(12-28-22(16)21)13-5-4-6-15(23)9-13/h4-10,12,16H,3,11H2,1-2H3,(H,24,25)/t16-/m1/s1. The molecular formula is C22H20FNO3S. The van der Waals surface area contributed by atoms with E-state index >= 15 is 0 Å². The van der Waals surface area contributed by atoms with Gasteiger partial charge in [0, 0.05) is 28.2 Å². The first kappa shape index (κ1) is 18.5. The molecule has 0 radical (unpaired) electrons. The second kappa shape index (κ2) is 7.64. The Morgan fingerprint density at radius 2 is 2.07 bits per heavy atom. The predicted molar refractivity (Wildman–Crippen MR) is 109 cm³/mol. The van der Waals surface area contributed by atoms with Crippen molar-refractivity contribution in [2.24, 2.45) is 0 Å². The zero-order valence-corrected chi connectivity index (χ0v) is 16.4. The SMILES string of the molecule is CCOc1ccc([C@H]2CC(=O)Nc3c(-c4cccc(F)c4)csc32)cc1OC. The summed E-state index contributed by atoms with van der Waals surface area (Å²) in [7, 11) is 1.60. The zero-order valence-electron chi connectivity index (χ0n) is 15.6. The Hall–Kier alpha value is -2.86. The van der Waals surface area contributed by atoms with Gasteiger partial charge in [0.1, 0.15) is 5.82 Å². The van der Waals surface area contributed by atoms with E-state index < -0.39 is 0 Å². The second-order valence-corrected chi connectivity index (χ2v) is 7.46. The summed E-state index contributed by atoms with van der Waals surface area (Å²) < 4.78 is 24.7. The number of carbonyl (C=O) groups excluding carboxylic acids is 1. The Morgan fingerprint density at radius 1 is 1.21 bits per heavy atom. The molecule has 1 N–H and O–H groups in total. The fourth-order valence-corrected chi connectivity index (χ4v) is 4.70. The van der Waals surface area contributed by atoms with E-state index in [1.54, 1.807) is 24.5 Å². The largest absolute Gasteiger partial charge is 0.493 e. The van der Waals surface area contributed by atoms with Crippen molar-refractivity contribution in [2.75, 3.05) is 19.0 Å². The minimum atomic E-state index is -0.299. The molecule has 2 aromatic carbocycles. The maximum Gasteiger partial charge on any atom is 0.225 e. The maximum absolute atomic E-state index is 13.7. The molecule has 4 rings (SSSR count). The van der Waals surface area contributed by atoms with E-state index in [2.05, 4.69) is 5.32 Å². The Bertz CT molecular complexity index is 1030. The van der Waals surface area contributed by atoms with E-state index in [1.807, 2.05) is 36.6 Å². The molecule has 0 saturated carbocycles. The number of rotatable bonds is 5. The van der Waals surface area contributed by atoms with Crippen molar-refractivity contribution in [3.8, 4) is 22.6 Å². The van der Waals surface area contributed by atoms with Crippen LogP contribution in [0, 0.1) is 5.82 Å².